The van der Waals surface area contributed by atoms with Gasteiger partial charge in [0.15, 0.2) is 5.96 Å². The maximum atomic E-state index is 12.4. The summed E-state index contributed by atoms with van der Waals surface area (Å²) in [6, 6.07) is 4.15. The molecular weight excluding hydrogens is 378 g/mol. The lowest BCUT2D eigenvalue weighted by atomic mass is 10.2. The minimum absolute atomic E-state index is 0.116. The van der Waals surface area contributed by atoms with E-state index >= 15 is 0 Å². The number of aliphatic imine (C=N–C) groups is 1. The highest BCUT2D eigenvalue weighted by molar-refractivity contribution is 5.86. The average Bonchev–Trinajstić information content (AvgIpc) is 2.77. The molecule has 1 N–H and O–H groups in total. The lowest BCUT2D eigenvalue weighted by Crippen LogP contribution is -2.46. The summed E-state index contributed by atoms with van der Waals surface area (Å²) >= 11 is 0. The first-order chi connectivity index (χ1) is 14.5. The Bertz CT molecular complexity index is 682. The number of pyridine rings is 1. The number of hydrogen-bond donors (Lipinski definition) is 1. The van der Waals surface area contributed by atoms with E-state index in [1.807, 2.05) is 49.9 Å². The normalized spacial score (nSPS) is 15.2. The number of anilines is 1. The molecule has 1 aliphatic heterocycles. The van der Waals surface area contributed by atoms with Gasteiger partial charge in [0.25, 0.3) is 0 Å². The third-order valence-corrected chi connectivity index (χ3v) is 5.55. The second-order valence-corrected chi connectivity index (χ2v) is 7.54. The molecule has 30 heavy (non-hydrogen) atoms. The van der Waals surface area contributed by atoms with Crippen molar-refractivity contribution >= 4 is 17.7 Å². The van der Waals surface area contributed by atoms with Crippen LogP contribution in [-0.2, 0) is 11.3 Å². The SMILES string of the molecule is CCNC(=NCc1ccnc(N2CCN(CC)CC2)c1)N(C)CC(=O)N(CC)CC. The highest BCUT2D eigenvalue weighted by atomic mass is 16.2. The van der Waals surface area contributed by atoms with Crippen molar-refractivity contribution in [1.29, 1.82) is 0 Å². The maximum Gasteiger partial charge on any atom is 0.242 e. The predicted molar refractivity (Wildman–Crippen MR) is 124 cm³/mol. The van der Waals surface area contributed by atoms with Crippen molar-refractivity contribution in [2.24, 2.45) is 4.99 Å². The fourth-order valence-electron chi connectivity index (χ4n) is 3.62. The number of amides is 1. The van der Waals surface area contributed by atoms with Crippen LogP contribution < -0.4 is 10.2 Å². The number of carbonyl (C=O) groups is 1. The lowest BCUT2D eigenvalue weighted by Gasteiger charge is -2.34. The molecule has 2 rings (SSSR count). The Morgan fingerprint density at radius 3 is 2.47 bits per heavy atom. The number of nitrogens with one attached hydrogen (secondary N) is 1. The van der Waals surface area contributed by atoms with Gasteiger partial charge in [-0.3, -0.25) is 4.79 Å². The summed E-state index contributed by atoms with van der Waals surface area (Å²) in [6.07, 6.45) is 1.87. The molecule has 1 aliphatic rings. The molecule has 0 bridgehead atoms. The molecule has 1 amide bonds. The Labute approximate surface area is 181 Å². The van der Waals surface area contributed by atoms with Crippen LogP contribution in [0.5, 0.6) is 0 Å². The molecule has 1 aromatic heterocycles. The largest absolute Gasteiger partial charge is 0.357 e. The number of aromatic nitrogens is 1. The third-order valence-electron chi connectivity index (χ3n) is 5.55. The van der Waals surface area contributed by atoms with Crippen molar-refractivity contribution in [1.82, 2.24) is 25.0 Å². The Morgan fingerprint density at radius 1 is 1.17 bits per heavy atom. The smallest absolute Gasteiger partial charge is 0.242 e. The van der Waals surface area contributed by atoms with Gasteiger partial charge in [0.05, 0.1) is 13.1 Å². The van der Waals surface area contributed by atoms with Crippen LogP contribution in [0.25, 0.3) is 0 Å². The Balaban J connectivity index is 2.02. The van der Waals surface area contributed by atoms with Crippen LogP contribution in [0.1, 0.15) is 33.3 Å². The molecule has 168 valence electrons. The van der Waals surface area contributed by atoms with E-state index in [0.717, 1.165) is 69.7 Å². The molecule has 0 aromatic carbocycles. The molecule has 0 radical (unpaired) electrons. The molecular formula is C22H39N7O. The first kappa shape index (κ1) is 23.9. The van der Waals surface area contributed by atoms with Crippen LogP contribution in [0.15, 0.2) is 23.3 Å². The number of nitrogens with zero attached hydrogens (tertiary/aromatic N) is 6. The van der Waals surface area contributed by atoms with Crippen molar-refractivity contribution in [3.05, 3.63) is 23.9 Å². The molecule has 0 aliphatic carbocycles. The molecule has 0 atom stereocenters. The Kier molecular flexibility index (Phi) is 9.86. The number of guanidine groups is 1. The van der Waals surface area contributed by atoms with Gasteiger partial charge >= 0.3 is 0 Å². The lowest BCUT2D eigenvalue weighted by molar-refractivity contribution is -0.131. The van der Waals surface area contributed by atoms with Gasteiger partial charge in [-0.1, -0.05) is 6.92 Å². The summed E-state index contributed by atoms with van der Waals surface area (Å²) in [6.45, 7) is 16.6. The molecule has 1 aromatic rings. The number of piperazine rings is 1. The van der Waals surface area contributed by atoms with Crippen LogP contribution in [0.4, 0.5) is 5.82 Å². The van der Waals surface area contributed by atoms with E-state index in [2.05, 4.69) is 33.1 Å². The number of likely N-dealkylation sites (N-methyl/N-ethyl adjacent to an activating group) is 3. The van der Waals surface area contributed by atoms with Gasteiger partial charge in [-0.25, -0.2) is 9.98 Å². The van der Waals surface area contributed by atoms with Crippen LogP contribution in [-0.4, -0.2) is 97.5 Å². The summed E-state index contributed by atoms with van der Waals surface area (Å²) in [5.74, 6) is 1.88. The molecule has 0 unspecified atom stereocenters. The minimum atomic E-state index is 0.116. The van der Waals surface area contributed by atoms with Crippen molar-refractivity contribution in [2.75, 3.05) is 70.9 Å². The number of hydrogen-bond acceptors (Lipinski definition) is 5. The number of rotatable bonds is 9. The molecule has 1 saturated heterocycles. The van der Waals surface area contributed by atoms with Crippen LogP contribution in [0, 0.1) is 0 Å². The third kappa shape index (κ3) is 6.86. The van der Waals surface area contributed by atoms with Gasteiger partial charge in [0.2, 0.25) is 5.91 Å². The van der Waals surface area contributed by atoms with Crippen LogP contribution in [0.3, 0.4) is 0 Å². The topological polar surface area (TPSA) is 67.3 Å². The monoisotopic (exact) mass is 417 g/mol. The minimum Gasteiger partial charge on any atom is -0.357 e. The quantitative estimate of drug-likeness (QED) is 0.485. The van der Waals surface area contributed by atoms with Gasteiger partial charge in [-0.15, -0.1) is 0 Å². The second-order valence-electron chi connectivity index (χ2n) is 7.54. The van der Waals surface area contributed by atoms with Crippen molar-refractivity contribution < 1.29 is 4.79 Å². The summed E-state index contributed by atoms with van der Waals surface area (Å²) in [5, 5.41) is 3.30. The second kappa shape index (κ2) is 12.4. The van der Waals surface area contributed by atoms with Crippen LogP contribution >= 0.6 is 0 Å². The van der Waals surface area contributed by atoms with E-state index in [4.69, 9.17) is 4.99 Å². The van der Waals surface area contributed by atoms with Gasteiger partial charge in [0, 0.05) is 59.1 Å². The van der Waals surface area contributed by atoms with Gasteiger partial charge in [-0.05, 0) is 45.0 Å². The fraction of sp³-hybridized carbons (Fsp3) is 0.682. The van der Waals surface area contributed by atoms with Crippen molar-refractivity contribution in [3.8, 4) is 0 Å². The zero-order chi connectivity index (χ0) is 21.9. The molecule has 0 saturated carbocycles. The van der Waals surface area contributed by atoms with E-state index < -0.39 is 0 Å². The van der Waals surface area contributed by atoms with Gasteiger partial charge in [0.1, 0.15) is 5.82 Å². The Morgan fingerprint density at radius 2 is 1.87 bits per heavy atom. The molecule has 0 spiro atoms. The van der Waals surface area contributed by atoms with Gasteiger partial charge < -0.3 is 24.9 Å². The molecule has 1 fully saturated rings. The summed E-state index contributed by atoms with van der Waals surface area (Å²) < 4.78 is 0. The summed E-state index contributed by atoms with van der Waals surface area (Å²) in [7, 11) is 1.91. The summed E-state index contributed by atoms with van der Waals surface area (Å²) in [4.78, 5) is 30.3. The molecule has 8 nitrogen and oxygen atoms in total. The van der Waals surface area contributed by atoms with Crippen molar-refractivity contribution in [3.63, 3.8) is 0 Å². The fourth-order valence-corrected chi connectivity index (χ4v) is 3.62. The highest BCUT2D eigenvalue weighted by Gasteiger charge is 2.17. The van der Waals surface area contributed by atoms with Crippen LogP contribution in [0.2, 0.25) is 0 Å². The van der Waals surface area contributed by atoms with E-state index in [0.29, 0.717) is 13.1 Å². The van der Waals surface area contributed by atoms with E-state index in [-0.39, 0.29) is 5.91 Å². The van der Waals surface area contributed by atoms with E-state index in [9.17, 15) is 4.79 Å². The Hall–Kier alpha value is -2.35. The average molecular weight is 418 g/mol. The first-order valence-corrected chi connectivity index (χ1v) is 11.2. The molecule has 2 heterocycles. The summed E-state index contributed by atoms with van der Waals surface area (Å²) in [5.41, 5.74) is 1.12. The zero-order valence-electron chi connectivity index (χ0n) is 19.4. The van der Waals surface area contributed by atoms with E-state index in [1.165, 1.54) is 0 Å². The number of carbonyl (C=O) groups excluding carboxylic acids is 1. The van der Waals surface area contributed by atoms with Crippen molar-refractivity contribution in [2.45, 2.75) is 34.2 Å². The molecule has 8 heteroatoms. The van der Waals surface area contributed by atoms with E-state index in [1.54, 1.807) is 0 Å². The first-order valence-electron chi connectivity index (χ1n) is 11.2. The zero-order valence-corrected chi connectivity index (χ0v) is 19.4. The standard InChI is InChI=1S/C22H39N7O/c1-6-23-22(26(5)18-21(30)28(8-3)9-4)25-17-19-10-11-24-20(16-19)29-14-12-27(7-2)13-15-29/h10-11,16H,6-9,12-15,17-18H2,1-5H3,(H,23,25). The predicted octanol–water partition coefficient (Wildman–Crippen LogP) is 1.49. The highest BCUT2D eigenvalue weighted by Crippen LogP contribution is 2.16. The van der Waals surface area contributed by atoms with Gasteiger partial charge in [-0.2, -0.15) is 0 Å². The maximum absolute atomic E-state index is 12.4.